The van der Waals surface area contributed by atoms with E-state index in [1.165, 1.54) is 0 Å². The summed E-state index contributed by atoms with van der Waals surface area (Å²) < 4.78 is 5.92. The summed E-state index contributed by atoms with van der Waals surface area (Å²) in [5, 5.41) is 0. The van der Waals surface area contributed by atoms with Crippen LogP contribution in [0.25, 0.3) is 0 Å². The lowest BCUT2D eigenvalue weighted by Crippen LogP contribution is -2.16. The zero-order chi connectivity index (χ0) is 12.1. The molecular formula is C12H16BrNO2. The number of Topliss-reactive ketones (excluding diaryl/α,β-unsaturated/α-hetero) is 1. The predicted octanol–water partition coefficient (Wildman–Crippen LogP) is 2.59. The Kier molecular flexibility index (Phi) is 4.96. The number of benzene rings is 1. The van der Waals surface area contributed by atoms with Crippen molar-refractivity contribution in [2.24, 2.45) is 0 Å². The van der Waals surface area contributed by atoms with Crippen molar-refractivity contribution < 1.29 is 9.53 Å². The molecule has 0 aliphatic carbocycles. The monoisotopic (exact) mass is 285 g/mol. The maximum atomic E-state index is 11.8. The first-order valence-electron chi connectivity index (χ1n) is 5.06. The van der Waals surface area contributed by atoms with Crippen LogP contribution in [-0.2, 0) is 0 Å². The van der Waals surface area contributed by atoms with E-state index in [0.29, 0.717) is 6.42 Å². The van der Waals surface area contributed by atoms with Crippen LogP contribution in [0.4, 0.5) is 0 Å². The fourth-order valence-corrected chi connectivity index (χ4v) is 1.85. The number of hydrogen-bond donors (Lipinski definition) is 0. The highest BCUT2D eigenvalue weighted by atomic mass is 79.9. The maximum absolute atomic E-state index is 11.8. The van der Waals surface area contributed by atoms with E-state index in [9.17, 15) is 4.79 Å². The van der Waals surface area contributed by atoms with E-state index < -0.39 is 0 Å². The minimum absolute atomic E-state index is 0.150. The Morgan fingerprint density at radius 2 is 2.12 bits per heavy atom. The summed E-state index contributed by atoms with van der Waals surface area (Å²) in [4.78, 5) is 13.8. The summed E-state index contributed by atoms with van der Waals surface area (Å²) in [5.41, 5.74) is 0.717. The lowest BCUT2D eigenvalue weighted by Gasteiger charge is -2.09. The Balaban J connectivity index is 2.73. The van der Waals surface area contributed by atoms with Gasteiger partial charge in [-0.25, -0.2) is 0 Å². The summed E-state index contributed by atoms with van der Waals surface area (Å²) in [5.74, 6) is 0.890. The first-order chi connectivity index (χ1) is 7.54. The van der Waals surface area contributed by atoms with Crippen molar-refractivity contribution in [2.45, 2.75) is 6.42 Å². The topological polar surface area (TPSA) is 29.5 Å². The van der Waals surface area contributed by atoms with E-state index in [4.69, 9.17) is 4.74 Å². The molecule has 3 nitrogen and oxygen atoms in total. The maximum Gasteiger partial charge on any atom is 0.164 e. The van der Waals surface area contributed by atoms with Gasteiger partial charge in [-0.05, 0) is 48.2 Å². The average molecular weight is 286 g/mol. The number of methoxy groups -OCH3 is 1. The molecule has 0 saturated heterocycles. The van der Waals surface area contributed by atoms with Gasteiger partial charge in [-0.15, -0.1) is 0 Å². The summed E-state index contributed by atoms with van der Waals surface area (Å²) in [6.07, 6.45) is 0.534. The van der Waals surface area contributed by atoms with Crippen LogP contribution < -0.4 is 4.74 Å². The van der Waals surface area contributed by atoms with E-state index in [1.54, 1.807) is 25.3 Å². The molecule has 0 aromatic heterocycles. The van der Waals surface area contributed by atoms with Crippen LogP contribution in [0.2, 0.25) is 0 Å². The second-order valence-electron chi connectivity index (χ2n) is 3.83. The van der Waals surface area contributed by atoms with Gasteiger partial charge in [-0.1, -0.05) is 0 Å². The second kappa shape index (κ2) is 6.01. The molecule has 0 aliphatic heterocycles. The molecule has 0 heterocycles. The molecule has 0 unspecified atom stereocenters. The van der Waals surface area contributed by atoms with Gasteiger partial charge < -0.3 is 9.64 Å². The normalized spacial score (nSPS) is 10.6. The van der Waals surface area contributed by atoms with Crippen molar-refractivity contribution in [1.82, 2.24) is 4.90 Å². The van der Waals surface area contributed by atoms with Gasteiger partial charge in [0.2, 0.25) is 0 Å². The number of carbonyl (C=O) groups excluding carboxylic acids is 1. The third-order valence-corrected chi connectivity index (χ3v) is 2.88. The molecule has 1 rings (SSSR count). The third kappa shape index (κ3) is 3.61. The molecule has 88 valence electrons. The molecule has 0 bridgehead atoms. The van der Waals surface area contributed by atoms with Crippen LogP contribution in [0.1, 0.15) is 16.8 Å². The quantitative estimate of drug-likeness (QED) is 0.779. The number of ether oxygens (including phenoxy) is 1. The van der Waals surface area contributed by atoms with Crippen LogP contribution >= 0.6 is 15.9 Å². The first kappa shape index (κ1) is 13.2. The minimum atomic E-state index is 0.150. The Morgan fingerprint density at radius 1 is 1.44 bits per heavy atom. The summed E-state index contributed by atoms with van der Waals surface area (Å²) in [6, 6.07) is 5.39. The smallest absolute Gasteiger partial charge is 0.164 e. The highest BCUT2D eigenvalue weighted by Gasteiger charge is 2.09. The molecule has 0 aliphatic rings. The van der Waals surface area contributed by atoms with Crippen LogP contribution in [0.15, 0.2) is 22.7 Å². The lowest BCUT2D eigenvalue weighted by molar-refractivity contribution is 0.0972. The molecule has 0 amide bonds. The van der Waals surface area contributed by atoms with E-state index in [0.717, 1.165) is 22.3 Å². The fraction of sp³-hybridized carbons (Fsp3) is 0.417. The zero-order valence-electron chi connectivity index (χ0n) is 9.79. The van der Waals surface area contributed by atoms with Gasteiger partial charge in [-0.3, -0.25) is 4.79 Å². The molecule has 0 atom stereocenters. The van der Waals surface area contributed by atoms with Gasteiger partial charge in [0.25, 0.3) is 0 Å². The molecule has 0 fully saturated rings. The van der Waals surface area contributed by atoms with Crippen molar-refractivity contribution >= 4 is 21.7 Å². The zero-order valence-corrected chi connectivity index (χ0v) is 11.4. The van der Waals surface area contributed by atoms with E-state index in [-0.39, 0.29) is 5.78 Å². The number of carbonyl (C=O) groups is 1. The molecule has 1 aromatic carbocycles. The van der Waals surface area contributed by atoms with Crippen molar-refractivity contribution in [3.05, 3.63) is 28.2 Å². The molecule has 0 spiro atoms. The Bertz CT molecular complexity index is 377. The number of rotatable bonds is 5. The van der Waals surface area contributed by atoms with Crippen LogP contribution in [0.5, 0.6) is 5.75 Å². The van der Waals surface area contributed by atoms with E-state index in [2.05, 4.69) is 15.9 Å². The highest BCUT2D eigenvalue weighted by Crippen LogP contribution is 2.25. The largest absolute Gasteiger partial charge is 0.496 e. The SMILES string of the molecule is COc1ccc(C(=O)CCN(C)C)cc1Br. The summed E-state index contributed by atoms with van der Waals surface area (Å²) in [7, 11) is 5.52. The first-order valence-corrected chi connectivity index (χ1v) is 5.85. The number of halogens is 1. The van der Waals surface area contributed by atoms with E-state index in [1.807, 2.05) is 19.0 Å². The van der Waals surface area contributed by atoms with Gasteiger partial charge >= 0.3 is 0 Å². The van der Waals surface area contributed by atoms with Gasteiger partial charge in [-0.2, -0.15) is 0 Å². The number of hydrogen-bond acceptors (Lipinski definition) is 3. The summed E-state index contributed by atoms with van der Waals surface area (Å²) >= 11 is 3.37. The van der Waals surface area contributed by atoms with Gasteiger partial charge in [0.05, 0.1) is 11.6 Å². The fourth-order valence-electron chi connectivity index (χ4n) is 1.31. The lowest BCUT2D eigenvalue weighted by atomic mass is 10.1. The Morgan fingerprint density at radius 3 is 2.62 bits per heavy atom. The molecule has 0 saturated carbocycles. The minimum Gasteiger partial charge on any atom is -0.496 e. The molecule has 1 aromatic rings. The Hall–Kier alpha value is -0.870. The van der Waals surface area contributed by atoms with Crippen LogP contribution in [0.3, 0.4) is 0 Å². The molecule has 16 heavy (non-hydrogen) atoms. The van der Waals surface area contributed by atoms with Crippen molar-refractivity contribution in [3.8, 4) is 5.75 Å². The standard InChI is InChI=1S/C12H16BrNO2/c1-14(2)7-6-11(15)9-4-5-12(16-3)10(13)8-9/h4-5,8H,6-7H2,1-3H3. The van der Waals surface area contributed by atoms with Crippen molar-refractivity contribution in [1.29, 1.82) is 0 Å². The second-order valence-corrected chi connectivity index (χ2v) is 4.68. The van der Waals surface area contributed by atoms with Crippen molar-refractivity contribution in [2.75, 3.05) is 27.7 Å². The molecule has 0 N–H and O–H groups in total. The summed E-state index contributed by atoms with van der Waals surface area (Å²) in [6.45, 7) is 0.766. The number of ketones is 1. The van der Waals surface area contributed by atoms with Gasteiger partial charge in [0.15, 0.2) is 5.78 Å². The Labute approximate surface area is 105 Å². The van der Waals surface area contributed by atoms with Crippen molar-refractivity contribution in [3.63, 3.8) is 0 Å². The third-order valence-electron chi connectivity index (χ3n) is 2.26. The molecular weight excluding hydrogens is 270 g/mol. The van der Waals surface area contributed by atoms with Gasteiger partial charge in [0, 0.05) is 18.5 Å². The molecule has 4 heteroatoms. The predicted molar refractivity (Wildman–Crippen MR) is 68.2 cm³/mol. The average Bonchev–Trinajstić information content (AvgIpc) is 2.25. The number of nitrogens with zero attached hydrogens (tertiary/aromatic N) is 1. The van der Waals surface area contributed by atoms with Gasteiger partial charge in [0.1, 0.15) is 5.75 Å². The highest BCUT2D eigenvalue weighted by molar-refractivity contribution is 9.10. The molecule has 0 radical (unpaired) electrons. The van der Waals surface area contributed by atoms with Crippen LogP contribution in [-0.4, -0.2) is 38.4 Å². The van der Waals surface area contributed by atoms with E-state index >= 15 is 0 Å². The van der Waals surface area contributed by atoms with Crippen LogP contribution in [0, 0.1) is 0 Å².